The number of nitrogens with zero attached hydrogens (tertiary/aromatic N) is 2. The zero-order valence-corrected chi connectivity index (χ0v) is 15.3. The fourth-order valence-corrected chi connectivity index (χ4v) is 3.09. The lowest BCUT2D eigenvalue weighted by Crippen LogP contribution is -1.83. The number of aromatic nitrogens is 4. The number of hydrogen-bond acceptors (Lipinski definition) is 2. The number of imidazole rings is 1. The standard InChI is InChI=1S/C19H17BrN4/c1-10-4-5-13(6-11(10)2)15-9-18(24-23-15)19-21-16-7-12(3)14(20)8-17(16)22-19/h4-9H,1-3H3,(H,21,22)(H,23,24). The second kappa shape index (κ2) is 5.60. The van der Waals surface area contributed by atoms with Gasteiger partial charge in [0.25, 0.3) is 0 Å². The molecule has 0 amide bonds. The molecular formula is C19H17BrN4. The highest BCUT2D eigenvalue weighted by Crippen LogP contribution is 2.27. The van der Waals surface area contributed by atoms with E-state index in [2.05, 4.69) is 81.1 Å². The van der Waals surface area contributed by atoms with Gasteiger partial charge < -0.3 is 4.98 Å². The molecular weight excluding hydrogens is 364 g/mol. The van der Waals surface area contributed by atoms with Gasteiger partial charge in [-0.05, 0) is 61.7 Å². The van der Waals surface area contributed by atoms with Crippen molar-refractivity contribution in [3.63, 3.8) is 0 Å². The van der Waals surface area contributed by atoms with Crippen LogP contribution in [0.5, 0.6) is 0 Å². The molecule has 0 atom stereocenters. The van der Waals surface area contributed by atoms with Crippen molar-refractivity contribution < 1.29 is 0 Å². The maximum Gasteiger partial charge on any atom is 0.156 e. The largest absolute Gasteiger partial charge is 0.337 e. The maximum absolute atomic E-state index is 4.67. The van der Waals surface area contributed by atoms with Crippen LogP contribution in [-0.2, 0) is 0 Å². The van der Waals surface area contributed by atoms with Crippen molar-refractivity contribution in [2.75, 3.05) is 0 Å². The Hall–Kier alpha value is -2.40. The van der Waals surface area contributed by atoms with Crippen LogP contribution in [0.2, 0.25) is 0 Å². The van der Waals surface area contributed by atoms with E-state index in [-0.39, 0.29) is 0 Å². The number of halogens is 1. The molecule has 4 aromatic rings. The van der Waals surface area contributed by atoms with E-state index in [4.69, 9.17) is 0 Å². The highest BCUT2D eigenvalue weighted by Gasteiger charge is 2.11. The van der Waals surface area contributed by atoms with Crippen molar-refractivity contribution in [3.8, 4) is 22.8 Å². The van der Waals surface area contributed by atoms with Crippen molar-refractivity contribution in [2.45, 2.75) is 20.8 Å². The number of aryl methyl sites for hydroxylation is 3. The third kappa shape index (κ3) is 2.55. The van der Waals surface area contributed by atoms with Crippen molar-refractivity contribution in [2.24, 2.45) is 0 Å². The zero-order chi connectivity index (χ0) is 16.8. The van der Waals surface area contributed by atoms with Gasteiger partial charge in [-0.15, -0.1) is 0 Å². The van der Waals surface area contributed by atoms with Gasteiger partial charge >= 0.3 is 0 Å². The Bertz CT molecular complexity index is 1020. The van der Waals surface area contributed by atoms with E-state index in [0.717, 1.165) is 38.3 Å². The average molecular weight is 381 g/mol. The monoisotopic (exact) mass is 380 g/mol. The van der Waals surface area contributed by atoms with Gasteiger partial charge in [-0.2, -0.15) is 5.10 Å². The number of aromatic amines is 2. The summed E-state index contributed by atoms with van der Waals surface area (Å²) in [6.45, 7) is 6.30. The van der Waals surface area contributed by atoms with Crippen LogP contribution < -0.4 is 0 Å². The summed E-state index contributed by atoms with van der Waals surface area (Å²) in [5, 5.41) is 7.53. The molecule has 2 aromatic heterocycles. The van der Waals surface area contributed by atoms with Crippen LogP contribution in [0.4, 0.5) is 0 Å². The topological polar surface area (TPSA) is 57.4 Å². The quantitative estimate of drug-likeness (QED) is 0.495. The molecule has 2 heterocycles. The molecule has 2 aromatic carbocycles. The van der Waals surface area contributed by atoms with Crippen molar-refractivity contribution in [1.82, 2.24) is 20.2 Å². The minimum Gasteiger partial charge on any atom is -0.337 e. The van der Waals surface area contributed by atoms with Crippen LogP contribution in [0, 0.1) is 20.8 Å². The summed E-state index contributed by atoms with van der Waals surface area (Å²) >= 11 is 3.56. The van der Waals surface area contributed by atoms with E-state index in [1.165, 1.54) is 16.7 Å². The summed E-state index contributed by atoms with van der Waals surface area (Å²) in [6, 6.07) is 12.5. The van der Waals surface area contributed by atoms with Crippen LogP contribution in [0.15, 0.2) is 40.9 Å². The lowest BCUT2D eigenvalue weighted by molar-refractivity contribution is 1.08. The molecule has 2 N–H and O–H groups in total. The van der Waals surface area contributed by atoms with Crippen molar-refractivity contribution in [3.05, 3.63) is 57.6 Å². The van der Waals surface area contributed by atoms with Gasteiger partial charge in [0.05, 0.1) is 16.7 Å². The Balaban J connectivity index is 1.75. The van der Waals surface area contributed by atoms with Crippen molar-refractivity contribution in [1.29, 1.82) is 0 Å². The lowest BCUT2D eigenvalue weighted by Gasteiger charge is -2.01. The van der Waals surface area contributed by atoms with E-state index in [9.17, 15) is 0 Å². The molecule has 0 aliphatic carbocycles. The second-order valence-corrected chi connectivity index (χ2v) is 7.02. The molecule has 4 nitrogen and oxygen atoms in total. The first-order valence-corrected chi connectivity index (χ1v) is 8.60. The molecule has 4 rings (SSSR count). The predicted molar refractivity (Wildman–Crippen MR) is 101 cm³/mol. The third-order valence-corrected chi connectivity index (χ3v) is 5.25. The van der Waals surface area contributed by atoms with Crippen LogP contribution >= 0.6 is 15.9 Å². The molecule has 0 radical (unpaired) electrons. The number of H-pyrrole nitrogens is 2. The third-order valence-electron chi connectivity index (χ3n) is 4.40. The zero-order valence-electron chi connectivity index (χ0n) is 13.7. The van der Waals surface area contributed by atoms with E-state index in [1.807, 2.05) is 12.1 Å². The Morgan fingerprint density at radius 3 is 2.54 bits per heavy atom. The number of fused-ring (bicyclic) bond motifs is 1. The molecule has 0 fully saturated rings. The second-order valence-electron chi connectivity index (χ2n) is 6.17. The smallest absolute Gasteiger partial charge is 0.156 e. The average Bonchev–Trinajstić information content (AvgIpc) is 3.17. The van der Waals surface area contributed by atoms with E-state index in [1.54, 1.807) is 0 Å². The normalized spacial score (nSPS) is 11.3. The maximum atomic E-state index is 4.67. The molecule has 0 bridgehead atoms. The summed E-state index contributed by atoms with van der Waals surface area (Å²) in [6.07, 6.45) is 0. The number of benzene rings is 2. The molecule has 120 valence electrons. The Morgan fingerprint density at radius 1 is 0.917 bits per heavy atom. The van der Waals surface area contributed by atoms with Crippen LogP contribution in [0.3, 0.4) is 0 Å². The summed E-state index contributed by atoms with van der Waals surface area (Å²) in [7, 11) is 0. The van der Waals surface area contributed by atoms with E-state index >= 15 is 0 Å². The molecule has 0 spiro atoms. The fourth-order valence-electron chi connectivity index (χ4n) is 2.76. The van der Waals surface area contributed by atoms with Gasteiger partial charge in [0, 0.05) is 10.0 Å². The fraction of sp³-hybridized carbons (Fsp3) is 0.158. The molecule has 0 saturated heterocycles. The van der Waals surface area contributed by atoms with Crippen LogP contribution in [0.1, 0.15) is 16.7 Å². The first-order chi connectivity index (χ1) is 11.5. The molecule has 0 unspecified atom stereocenters. The van der Waals surface area contributed by atoms with Crippen LogP contribution in [-0.4, -0.2) is 20.2 Å². The Labute approximate surface area is 148 Å². The van der Waals surface area contributed by atoms with Gasteiger partial charge in [-0.25, -0.2) is 4.98 Å². The molecule has 0 aliphatic rings. The van der Waals surface area contributed by atoms with E-state index < -0.39 is 0 Å². The Morgan fingerprint density at radius 2 is 1.75 bits per heavy atom. The number of rotatable bonds is 2. The van der Waals surface area contributed by atoms with Crippen molar-refractivity contribution >= 4 is 27.0 Å². The first-order valence-electron chi connectivity index (χ1n) is 7.80. The highest BCUT2D eigenvalue weighted by molar-refractivity contribution is 9.10. The first kappa shape index (κ1) is 15.1. The number of nitrogens with one attached hydrogen (secondary N) is 2. The Kier molecular flexibility index (Phi) is 3.53. The van der Waals surface area contributed by atoms with Gasteiger partial charge in [0.1, 0.15) is 5.69 Å². The summed E-state index contributed by atoms with van der Waals surface area (Å²) < 4.78 is 1.06. The molecule has 0 aliphatic heterocycles. The van der Waals surface area contributed by atoms with Gasteiger partial charge in [0.2, 0.25) is 0 Å². The highest BCUT2D eigenvalue weighted by atomic mass is 79.9. The lowest BCUT2D eigenvalue weighted by atomic mass is 10.0. The molecule has 0 saturated carbocycles. The van der Waals surface area contributed by atoms with Crippen LogP contribution in [0.25, 0.3) is 33.8 Å². The minimum absolute atomic E-state index is 0.796. The molecule has 5 heteroatoms. The summed E-state index contributed by atoms with van der Waals surface area (Å²) in [4.78, 5) is 8.03. The van der Waals surface area contributed by atoms with E-state index in [0.29, 0.717) is 0 Å². The van der Waals surface area contributed by atoms with Gasteiger partial charge in [-0.1, -0.05) is 28.1 Å². The summed E-state index contributed by atoms with van der Waals surface area (Å²) in [5.41, 5.74) is 8.60. The SMILES string of the molecule is Cc1ccc(-c2cc(-c3nc4cc(Br)c(C)cc4[nH]3)[nH]n2)cc1C. The minimum atomic E-state index is 0.796. The molecule has 24 heavy (non-hydrogen) atoms. The summed E-state index contributed by atoms with van der Waals surface area (Å²) in [5.74, 6) is 0.796. The van der Waals surface area contributed by atoms with Gasteiger partial charge in [-0.3, -0.25) is 5.10 Å². The number of hydrogen-bond donors (Lipinski definition) is 2. The predicted octanol–water partition coefficient (Wildman–Crippen LogP) is 5.31. The van der Waals surface area contributed by atoms with Gasteiger partial charge in [0.15, 0.2) is 5.82 Å².